The first-order valence-electron chi connectivity index (χ1n) is 11.7. The number of rotatable bonds is 6. The van der Waals surface area contributed by atoms with E-state index >= 15 is 0 Å². The predicted molar refractivity (Wildman–Crippen MR) is 130 cm³/mol. The van der Waals surface area contributed by atoms with E-state index in [-0.39, 0.29) is 5.91 Å². The molecular formula is C24H33N5OS. The van der Waals surface area contributed by atoms with Crippen molar-refractivity contribution >= 4 is 39.3 Å². The molecule has 1 aromatic carbocycles. The number of aliphatic imine (C=N–C) groups is 1. The number of thioether (sulfide) groups is 1. The van der Waals surface area contributed by atoms with Crippen LogP contribution in [0.4, 0.5) is 5.69 Å². The van der Waals surface area contributed by atoms with Crippen LogP contribution >= 0.6 is 11.8 Å². The van der Waals surface area contributed by atoms with Crippen molar-refractivity contribution < 1.29 is 4.79 Å². The number of hydrogen-bond acceptors (Lipinski definition) is 5. The largest absolute Gasteiger partial charge is 0.381 e. The maximum absolute atomic E-state index is 11.5. The normalized spacial score (nSPS) is 22.9. The van der Waals surface area contributed by atoms with E-state index in [0.29, 0.717) is 12.1 Å². The number of anilines is 1. The van der Waals surface area contributed by atoms with Crippen LogP contribution in [0, 0.1) is 0 Å². The molecule has 1 aliphatic carbocycles. The molecular weight excluding hydrogens is 406 g/mol. The molecule has 0 radical (unpaired) electrons. The molecule has 1 aromatic heterocycles. The molecule has 2 N–H and O–H groups in total. The van der Waals surface area contributed by atoms with Crippen molar-refractivity contribution in [1.29, 1.82) is 0 Å². The lowest BCUT2D eigenvalue weighted by atomic mass is 10.2. The van der Waals surface area contributed by atoms with Crippen LogP contribution in [-0.4, -0.2) is 76.3 Å². The van der Waals surface area contributed by atoms with E-state index in [9.17, 15) is 4.79 Å². The van der Waals surface area contributed by atoms with Gasteiger partial charge in [0.25, 0.3) is 0 Å². The Bertz CT molecular complexity index is 956. The number of benzene rings is 1. The van der Waals surface area contributed by atoms with E-state index in [4.69, 9.17) is 4.99 Å². The summed E-state index contributed by atoms with van der Waals surface area (Å²) >= 11 is 1.88. The fraction of sp³-hybridized carbons (Fsp3) is 0.583. The Morgan fingerprint density at radius 1 is 1.23 bits per heavy atom. The van der Waals surface area contributed by atoms with Crippen LogP contribution in [0.15, 0.2) is 29.3 Å². The molecule has 0 bridgehead atoms. The number of aromatic nitrogens is 1. The van der Waals surface area contributed by atoms with Gasteiger partial charge in [0.05, 0.1) is 22.9 Å². The second-order valence-electron chi connectivity index (χ2n) is 9.11. The van der Waals surface area contributed by atoms with Crippen LogP contribution in [-0.2, 0) is 4.79 Å². The second kappa shape index (κ2) is 9.25. The molecule has 31 heavy (non-hydrogen) atoms. The van der Waals surface area contributed by atoms with Crippen molar-refractivity contribution in [3.63, 3.8) is 0 Å². The smallest absolute Gasteiger partial charge is 0.219 e. The summed E-state index contributed by atoms with van der Waals surface area (Å²) < 4.78 is 0. The quantitative estimate of drug-likeness (QED) is 0.716. The van der Waals surface area contributed by atoms with Crippen molar-refractivity contribution in [3.05, 3.63) is 30.0 Å². The van der Waals surface area contributed by atoms with Gasteiger partial charge in [0.1, 0.15) is 5.04 Å². The number of fused-ring (bicyclic) bond motifs is 1. The number of carbonyl (C=O) groups is 1. The van der Waals surface area contributed by atoms with Gasteiger partial charge in [-0.1, -0.05) is 25.0 Å². The number of amides is 1. The van der Waals surface area contributed by atoms with Crippen LogP contribution in [0.25, 0.3) is 10.9 Å². The summed E-state index contributed by atoms with van der Waals surface area (Å²) in [5.41, 5.74) is 3.58. The second-order valence-corrected chi connectivity index (χ2v) is 10.1. The molecule has 1 saturated carbocycles. The van der Waals surface area contributed by atoms with Gasteiger partial charge in [-0.05, 0) is 31.4 Å². The van der Waals surface area contributed by atoms with Gasteiger partial charge in [0.15, 0.2) is 0 Å². The van der Waals surface area contributed by atoms with E-state index < -0.39 is 0 Å². The maximum Gasteiger partial charge on any atom is 0.219 e. The summed E-state index contributed by atoms with van der Waals surface area (Å²) in [5, 5.41) is 6.16. The van der Waals surface area contributed by atoms with Crippen molar-refractivity contribution in [2.24, 2.45) is 4.99 Å². The highest BCUT2D eigenvalue weighted by Gasteiger charge is 2.24. The van der Waals surface area contributed by atoms with E-state index in [2.05, 4.69) is 39.5 Å². The summed E-state index contributed by atoms with van der Waals surface area (Å²) in [6.45, 7) is 6.41. The molecule has 2 fully saturated rings. The fourth-order valence-corrected chi connectivity index (χ4v) is 6.09. The topological polar surface area (TPSA) is 63.7 Å². The SMILES string of the molecule is CC(=O)N1CCN(CC[C@H]2CSC(c3cc4cccc(NC5CCCC5)c4[nH]3)=N2)CC1. The predicted octanol–water partition coefficient (Wildman–Crippen LogP) is 3.94. The Kier molecular flexibility index (Phi) is 6.23. The number of carbonyl (C=O) groups excluding carboxylic acids is 1. The third-order valence-electron chi connectivity index (χ3n) is 6.91. The summed E-state index contributed by atoms with van der Waals surface area (Å²) in [6.07, 6.45) is 6.32. The third kappa shape index (κ3) is 4.77. The standard InChI is InChI=1S/C24H33N5OS/c1-17(30)29-13-11-28(12-14-29)10-9-20-16-31-24(26-20)22-15-18-5-4-8-21(23(18)27-22)25-19-6-2-3-7-19/h4-5,8,15,19-20,25,27H,2-3,6-7,9-14,16H2,1H3/t20-/m0/s1. The van der Waals surface area contributed by atoms with Crippen LogP contribution in [0.1, 0.15) is 44.7 Å². The minimum Gasteiger partial charge on any atom is -0.381 e. The van der Waals surface area contributed by atoms with Crippen LogP contribution < -0.4 is 5.32 Å². The van der Waals surface area contributed by atoms with Gasteiger partial charge in [-0.3, -0.25) is 14.7 Å². The molecule has 5 rings (SSSR count). The lowest BCUT2D eigenvalue weighted by Gasteiger charge is -2.34. The van der Waals surface area contributed by atoms with Gasteiger partial charge in [-0.2, -0.15) is 0 Å². The first-order chi connectivity index (χ1) is 15.2. The van der Waals surface area contributed by atoms with Crippen molar-refractivity contribution in [2.75, 3.05) is 43.8 Å². The Hall–Kier alpha value is -1.99. The van der Waals surface area contributed by atoms with E-state index in [1.54, 1.807) is 6.92 Å². The molecule has 6 nitrogen and oxygen atoms in total. The molecule has 1 saturated heterocycles. The number of hydrogen-bond donors (Lipinski definition) is 2. The first-order valence-corrected chi connectivity index (χ1v) is 12.7. The van der Waals surface area contributed by atoms with Gasteiger partial charge in [-0.25, -0.2) is 0 Å². The van der Waals surface area contributed by atoms with Crippen molar-refractivity contribution in [2.45, 2.75) is 51.1 Å². The summed E-state index contributed by atoms with van der Waals surface area (Å²) in [5.74, 6) is 1.26. The minimum absolute atomic E-state index is 0.195. The molecule has 3 heterocycles. The monoisotopic (exact) mass is 439 g/mol. The van der Waals surface area contributed by atoms with E-state index in [1.165, 1.54) is 42.3 Å². The van der Waals surface area contributed by atoms with Gasteiger partial charge >= 0.3 is 0 Å². The Balaban J connectivity index is 1.20. The molecule has 1 amide bonds. The molecule has 3 aliphatic rings. The third-order valence-corrected chi connectivity index (χ3v) is 8.06. The molecule has 1 atom stereocenters. The number of nitrogens with zero attached hydrogens (tertiary/aromatic N) is 3. The average Bonchev–Trinajstić information content (AvgIpc) is 3.53. The zero-order valence-electron chi connectivity index (χ0n) is 18.4. The Morgan fingerprint density at radius 3 is 2.81 bits per heavy atom. The van der Waals surface area contributed by atoms with Crippen molar-refractivity contribution in [3.8, 4) is 0 Å². The highest BCUT2D eigenvalue weighted by molar-refractivity contribution is 8.14. The number of H-pyrrole nitrogens is 1. The number of nitrogens with one attached hydrogen (secondary N) is 2. The minimum atomic E-state index is 0.195. The lowest BCUT2D eigenvalue weighted by molar-refractivity contribution is -0.130. The van der Waals surface area contributed by atoms with E-state index in [1.807, 2.05) is 16.7 Å². The zero-order chi connectivity index (χ0) is 21.2. The number of piperazine rings is 1. The van der Waals surface area contributed by atoms with Gasteiger partial charge < -0.3 is 15.2 Å². The molecule has 2 aromatic rings. The Morgan fingerprint density at radius 2 is 2.03 bits per heavy atom. The molecule has 166 valence electrons. The lowest BCUT2D eigenvalue weighted by Crippen LogP contribution is -2.48. The van der Waals surface area contributed by atoms with Crippen molar-refractivity contribution in [1.82, 2.24) is 14.8 Å². The number of para-hydroxylation sites is 1. The van der Waals surface area contributed by atoms with Crippen LogP contribution in [0.3, 0.4) is 0 Å². The molecule has 7 heteroatoms. The summed E-state index contributed by atoms with van der Waals surface area (Å²) in [4.78, 5) is 24.6. The molecule has 0 spiro atoms. The summed E-state index contributed by atoms with van der Waals surface area (Å²) in [7, 11) is 0. The fourth-order valence-electron chi connectivity index (χ4n) is 5.01. The van der Waals surface area contributed by atoms with Crippen LogP contribution in [0.2, 0.25) is 0 Å². The highest BCUT2D eigenvalue weighted by Crippen LogP contribution is 2.31. The van der Waals surface area contributed by atoms with Crippen LogP contribution in [0.5, 0.6) is 0 Å². The number of aromatic amines is 1. The summed E-state index contributed by atoms with van der Waals surface area (Å²) in [6, 6.07) is 9.78. The first kappa shape index (κ1) is 20.9. The molecule has 0 unspecified atom stereocenters. The zero-order valence-corrected chi connectivity index (χ0v) is 19.2. The van der Waals surface area contributed by atoms with Gasteiger partial charge in [0.2, 0.25) is 5.91 Å². The maximum atomic E-state index is 11.5. The van der Waals surface area contributed by atoms with Gasteiger partial charge in [-0.15, -0.1) is 11.8 Å². The van der Waals surface area contributed by atoms with E-state index in [0.717, 1.165) is 55.6 Å². The van der Waals surface area contributed by atoms with Gasteiger partial charge in [0, 0.05) is 56.8 Å². The average molecular weight is 440 g/mol. The molecule has 2 aliphatic heterocycles. The Labute approximate surface area is 188 Å². The highest BCUT2D eigenvalue weighted by atomic mass is 32.2.